The lowest BCUT2D eigenvalue weighted by Gasteiger charge is -2.10. The Bertz CT molecular complexity index is 907. The summed E-state index contributed by atoms with van der Waals surface area (Å²) < 4.78 is 8.70. The van der Waals surface area contributed by atoms with Gasteiger partial charge in [-0.05, 0) is 35.9 Å². The first kappa shape index (κ1) is 13.4. The summed E-state index contributed by atoms with van der Waals surface area (Å²) >= 11 is 3.55. The summed E-state index contributed by atoms with van der Waals surface area (Å²) in [5, 5.41) is 1.22. The molecule has 4 aromatic rings. The first-order valence-corrected chi connectivity index (χ1v) is 7.96. The van der Waals surface area contributed by atoms with Crippen molar-refractivity contribution in [2.75, 3.05) is 0 Å². The first-order valence-electron chi connectivity index (χ1n) is 7.16. The van der Waals surface area contributed by atoms with E-state index in [9.17, 15) is 0 Å². The highest BCUT2D eigenvalue weighted by atomic mass is 79.9. The molecule has 0 atom stereocenters. The fourth-order valence-electron chi connectivity index (χ4n) is 2.83. The third-order valence-corrected chi connectivity index (χ3v) is 4.36. The third kappa shape index (κ3) is 2.38. The Morgan fingerprint density at radius 3 is 2.59 bits per heavy atom. The minimum atomic E-state index is 0.840. The molecule has 0 radical (unpaired) electrons. The van der Waals surface area contributed by atoms with Gasteiger partial charge in [0.05, 0.1) is 18.2 Å². The SMILES string of the molecule is Brc1ccc2c(c1)cc(-c1ccoc1)n2Cc1ccccc1. The zero-order valence-corrected chi connectivity index (χ0v) is 13.5. The molecule has 0 amide bonds. The summed E-state index contributed by atoms with van der Waals surface area (Å²) in [6.45, 7) is 0.840. The highest BCUT2D eigenvalue weighted by Crippen LogP contribution is 2.31. The van der Waals surface area contributed by atoms with Crippen molar-refractivity contribution in [1.29, 1.82) is 0 Å². The Morgan fingerprint density at radius 1 is 0.955 bits per heavy atom. The quantitative estimate of drug-likeness (QED) is 0.462. The van der Waals surface area contributed by atoms with E-state index in [1.165, 1.54) is 22.2 Å². The fourth-order valence-corrected chi connectivity index (χ4v) is 3.21. The van der Waals surface area contributed by atoms with Crippen LogP contribution in [0.25, 0.3) is 22.2 Å². The van der Waals surface area contributed by atoms with Gasteiger partial charge in [0.1, 0.15) is 0 Å². The van der Waals surface area contributed by atoms with Crippen LogP contribution in [0, 0.1) is 0 Å². The largest absolute Gasteiger partial charge is 0.472 e. The van der Waals surface area contributed by atoms with Gasteiger partial charge in [0, 0.05) is 27.5 Å². The van der Waals surface area contributed by atoms with Gasteiger partial charge in [0.2, 0.25) is 0 Å². The lowest BCUT2D eigenvalue weighted by molar-refractivity contribution is 0.568. The molecule has 0 fully saturated rings. The minimum absolute atomic E-state index is 0.840. The summed E-state index contributed by atoms with van der Waals surface area (Å²) in [6, 6.07) is 21.1. The number of benzene rings is 2. The van der Waals surface area contributed by atoms with E-state index in [1.54, 1.807) is 12.5 Å². The van der Waals surface area contributed by atoms with Crippen LogP contribution in [0.15, 0.2) is 82.1 Å². The van der Waals surface area contributed by atoms with Gasteiger partial charge in [-0.25, -0.2) is 0 Å². The molecule has 0 bridgehead atoms. The Kier molecular flexibility index (Phi) is 3.35. The van der Waals surface area contributed by atoms with E-state index >= 15 is 0 Å². The van der Waals surface area contributed by atoms with Gasteiger partial charge in [0.25, 0.3) is 0 Å². The molecule has 0 aliphatic heterocycles. The van der Waals surface area contributed by atoms with E-state index in [2.05, 4.69) is 69.0 Å². The van der Waals surface area contributed by atoms with Gasteiger partial charge < -0.3 is 8.98 Å². The van der Waals surface area contributed by atoms with Gasteiger partial charge in [-0.2, -0.15) is 0 Å². The van der Waals surface area contributed by atoms with E-state index in [1.807, 2.05) is 12.1 Å². The van der Waals surface area contributed by atoms with E-state index in [0.717, 1.165) is 16.6 Å². The van der Waals surface area contributed by atoms with Crippen LogP contribution in [0.1, 0.15) is 5.56 Å². The average Bonchev–Trinajstić information content (AvgIpc) is 3.16. The van der Waals surface area contributed by atoms with Crippen molar-refractivity contribution in [3.63, 3.8) is 0 Å². The molecule has 2 heterocycles. The van der Waals surface area contributed by atoms with Crippen LogP contribution in [-0.4, -0.2) is 4.57 Å². The maximum absolute atomic E-state index is 5.27. The van der Waals surface area contributed by atoms with Gasteiger partial charge in [-0.1, -0.05) is 46.3 Å². The topological polar surface area (TPSA) is 18.1 Å². The molecule has 0 aliphatic carbocycles. The summed E-state index contributed by atoms with van der Waals surface area (Å²) in [6.07, 6.45) is 3.51. The molecule has 0 aliphatic rings. The van der Waals surface area contributed by atoms with Crippen LogP contribution in [0.2, 0.25) is 0 Å². The number of aromatic nitrogens is 1. The van der Waals surface area contributed by atoms with Crippen LogP contribution in [0.4, 0.5) is 0 Å². The summed E-state index contributed by atoms with van der Waals surface area (Å²) in [7, 11) is 0. The van der Waals surface area contributed by atoms with Crippen molar-refractivity contribution in [1.82, 2.24) is 4.57 Å². The Hall–Kier alpha value is -2.26. The number of rotatable bonds is 3. The molecule has 0 unspecified atom stereocenters. The van der Waals surface area contributed by atoms with Gasteiger partial charge in [-0.15, -0.1) is 0 Å². The Labute approximate surface area is 137 Å². The lowest BCUT2D eigenvalue weighted by Crippen LogP contribution is -2.01. The molecule has 0 N–H and O–H groups in total. The van der Waals surface area contributed by atoms with Crippen molar-refractivity contribution in [2.45, 2.75) is 6.54 Å². The number of furan rings is 1. The number of hydrogen-bond donors (Lipinski definition) is 0. The Morgan fingerprint density at radius 2 is 1.82 bits per heavy atom. The van der Waals surface area contributed by atoms with Crippen LogP contribution >= 0.6 is 15.9 Å². The third-order valence-electron chi connectivity index (χ3n) is 3.86. The first-order chi connectivity index (χ1) is 10.8. The smallest absolute Gasteiger partial charge is 0.0995 e. The van der Waals surface area contributed by atoms with E-state index in [0.29, 0.717) is 0 Å². The monoisotopic (exact) mass is 351 g/mol. The predicted molar refractivity (Wildman–Crippen MR) is 92.9 cm³/mol. The maximum Gasteiger partial charge on any atom is 0.0995 e. The van der Waals surface area contributed by atoms with Crippen LogP contribution in [0.5, 0.6) is 0 Å². The Balaban J connectivity index is 1.92. The number of fused-ring (bicyclic) bond motifs is 1. The molecule has 4 rings (SSSR count). The maximum atomic E-state index is 5.27. The molecular weight excluding hydrogens is 338 g/mol. The van der Waals surface area contributed by atoms with Crippen molar-refractivity contribution in [2.24, 2.45) is 0 Å². The number of nitrogens with zero attached hydrogens (tertiary/aromatic N) is 1. The molecule has 0 spiro atoms. The number of halogens is 1. The van der Waals surface area contributed by atoms with E-state index < -0.39 is 0 Å². The molecule has 0 saturated carbocycles. The van der Waals surface area contributed by atoms with Crippen LogP contribution in [-0.2, 0) is 6.54 Å². The second-order valence-electron chi connectivity index (χ2n) is 5.32. The van der Waals surface area contributed by atoms with E-state index in [-0.39, 0.29) is 0 Å². The van der Waals surface area contributed by atoms with Gasteiger partial charge in [-0.3, -0.25) is 0 Å². The minimum Gasteiger partial charge on any atom is -0.472 e. The van der Waals surface area contributed by atoms with Gasteiger partial charge in [0.15, 0.2) is 0 Å². The molecular formula is C19H14BrNO. The van der Waals surface area contributed by atoms with E-state index in [4.69, 9.17) is 4.42 Å². The van der Waals surface area contributed by atoms with Crippen molar-refractivity contribution in [3.05, 3.63) is 83.2 Å². The fraction of sp³-hybridized carbons (Fsp3) is 0.0526. The predicted octanol–water partition coefficient (Wildman–Crippen LogP) is 5.71. The number of hydrogen-bond acceptors (Lipinski definition) is 1. The molecule has 108 valence electrons. The molecule has 2 aromatic heterocycles. The second-order valence-corrected chi connectivity index (χ2v) is 6.23. The molecule has 22 heavy (non-hydrogen) atoms. The van der Waals surface area contributed by atoms with Crippen LogP contribution < -0.4 is 0 Å². The lowest BCUT2D eigenvalue weighted by atomic mass is 10.2. The van der Waals surface area contributed by atoms with Crippen molar-refractivity contribution < 1.29 is 4.42 Å². The molecule has 2 nitrogen and oxygen atoms in total. The normalized spacial score (nSPS) is 11.1. The second kappa shape index (κ2) is 5.50. The highest BCUT2D eigenvalue weighted by Gasteiger charge is 2.12. The summed E-state index contributed by atoms with van der Waals surface area (Å²) in [5.41, 5.74) is 4.78. The zero-order chi connectivity index (χ0) is 14.9. The van der Waals surface area contributed by atoms with Crippen molar-refractivity contribution >= 4 is 26.8 Å². The average molecular weight is 352 g/mol. The van der Waals surface area contributed by atoms with Crippen molar-refractivity contribution in [3.8, 4) is 11.3 Å². The van der Waals surface area contributed by atoms with Crippen LogP contribution in [0.3, 0.4) is 0 Å². The summed E-state index contributed by atoms with van der Waals surface area (Å²) in [4.78, 5) is 0. The zero-order valence-electron chi connectivity index (χ0n) is 11.9. The molecule has 2 aromatic carbocycles. The highest BCUT2D eigenvalue weighted by molar-refractivity contribution is 9.10. The van der Waals surface area contributed by atoms with Gasteiger partial charge >= 0.3 is 0 Å². The summed E-state index contributed by atoms with van der Waals surface area (Å²) in [5.74, 6) is 0. The standard InChI is InChI=1S/C19H14BrNO/c20-17-6-7-18-16(10-17)11-19(15-8-9-22-13-15)21(18)12-14-4-2-1-3-5-14/h1-11,13H,12H2. The molecule has 0 saturated heterocycles. The molecule has 3 heteroatoms.